The third kappa shape index (κ3) is 4.22. The molecule has 8 nitrogen and oxygen atoms in total. The molecule has 2 N–H and O–H groups in total. The number of benzene rings is 1. The van der Waals surface area contributed by atoms with Crippen LogP contribution >= 0.6 is 0 Å². The van der Waals surface area contributed by atoms with E-state index in [4.69, 9.17) is 9.84 Å². The molecule has 0 radical (unpaired) electrons. The van der Waals surface area contributed by atoms with Crippen molar-refractivity contribution in [3.63, 3.8) is 0 Å². The van der Waals surface area contributed by atoms with Gasteiger partial charge in [0.15, 0.2) is 5.75 Å². The summed E-state index contributed by atoms with van der Waals surface area (Å²) >= 11 is 0. The van der Waals surface area contributed by atoms with E-state index in [-0.39, 0.29) is 5.75 Å². The zero-order chi connectivity index (χ0) is 19.4. The van der Waals surface area contributed by atoms with Crippen LogP contribution in [0.4, 0.5) is 4.79 Å². The normalized spacial score (nSPS) is 14.9. The Morgan fingerprint density at radius 1 is 1.07 bits per heavy atom. The number of carboxylic acid groups (broad SMARTS) is 1. The number of rotatable bonds is 5. The molecular formula is C19H23N3O5. The Hall–Kier alpha value is -3.00. The summed E-state index contributed by atoms with van der Waals surface area (Å²) in [6, 6.07) is 9.16. The number of nitrogens with zero attached hydrogens (tertiary/aromatic N) is 3. The molecule has 1 amide bonds. The highest BCUT2D eigenvalue weighted by atomic mass is 16.5. The van der Waals surface area contributed by atoms with Gasteiger partial charge in [-0.3, -0.25) is 9.69 Å². The molecule has 0 saturated carbocycles. The first-order valence-electron chi connectivity index (χ1n) is 8.73. The molecule has 144 valence electrons. The van der Waals surface area contributed by atoms with E-state index in [2.05, 4.69) is 0 Å². The van der Waals surface area contributed by atoms with Crippen molar-refractivity contribution < 1.29 is 19.7 Å². The maximum absolute atomic E-state index is 12.5. The molecule has 1 saturated heterocycles. The molecule has 2 aromatic rings. The Morgan fingerprint density at radius 3 is 2.44 bits per heavy atom. The average Bonchev–Trinajstić information content (AvgIpc) is 2.68. The fourth-order valence-corrected chi connectivity index (χ4v) is 3.21. The second kappa shape index (κ2) is 8.13. The number of ether oxygens (including phenoxy) is 1. The molecule has 1 aromatic heterocycles. The van der Waals surface area contributed by atoms with Crippen LogP contribution in [-0.4, -0.2) is 64.0 Å². The van der Waals surface area contributed by atoms with Crippen LogP contribution in [0, 0.1) is 0 Å². The summed E-state index contributed by atoms with van der Waals surface area (Å²) in [5.74, 6) is 0.414. The van der Waals surface area contributed by atoms with E-state index in [1.165, 1.54) is 9.47 Å². The van der Waals surface area contributed by atoms with Crippen LogP contribution in [0.25, 0.3) is 0 Å². The number of aromatic nitrogens is 1. The average molecular weight is 373 g/mol. The minimum absolute atomic E-state index is 0.270. The van der Waals surface area contributed by atoms with Gasteiger partial charge in [0.2, 0.25) is 0 Å². The predicted molar refractivity (Wildman–Crippen MR) is 99.3 cm³/mol. The van der Waals surface area contributed by atoms with Gasteiger partial charge in [-0.1, -0.05) is 18.2 Å². The first-order valence-corrected chi connectivity index (χ1v) is 8.73. The van der Waals surface area contributed by atoms with Crippen molar-refractivity contribution in [2.45, 2.75) is 13.1 Å². The van der Waals surface area contributed by atoms with Crippen molar-refractivity contribution in [2.75, 3.05) is 33.3 Å². The van der Waals surface area contributed by atoms with Gasteiger partial charge in [-0.25, -0.2) is 4.79 Å². The van der Waals surface area contributed by atoms with Gasteiger partial charge in [0, 0.05) is 50.0 Å². The van der Waals surface area contributed by atoms with Gasteiger partial charge in [0.05, 0.1) is 13.7 Å². The standard InChI is InChI=1S/C19H23N3O5/c1-27-16-5-3-2-4-14(16)13-22-7-6-15(17(23)18(22)24)12-20-8-10-21(11-9-20)19(25)26/h2-7,23H,8-13H2,1H3,(H,25,26). The van der Waals surface area contributed by atoms with Crippen molar-refractivity contribution in [1.82, 2.24) is 14.4 Å². The zero-order valence-electron chi connectivity index (χ0n) is 15.2. The number of hydrogen-bond acceptors (Lipinski definition) is 5. The van der Waals surface area contributed by atoms with E-state index in [0.717, 1.165) is 5.56 Å². The minimum Gasteiger partial charge on any atom is -0.503 e. The van der Waals surface area contributed by atoms with E-state index in [1.807, 2.05) is 29.2 Å². The lowest BCUT2D eigenvalue weighted by Gasteiger charge is -2.33. The van der Waals surface area contributed by atoms with Crippen molar-refractivity contribution in [3.8, 4) is 11.5 Å². The molecule has 0 aliphatic carbocycles. The molecule has 1 aliphatic rings. The fourth-order valence-electron chi connectivity index (χ4n) is 3.21. The van der Waals surface area contributed by atoms with Crippen LogP contribution in [-0.2, 0) is 13.1 Å². The Morgan fingerprint density at radius 2 is 1.78 bits per heavy atom. The lowest BCUT2D eigenvalue weighted by Crippen LogP contribution is -2.47. The highest BCUT2D eigenvalue weighted by Crippen LogP contribution is 2.20. The lowest BCUT2D eigenvalue weighted by atomic mass is 10.1. The van der Waals surface area contributed by atoms with Gasteiger partial charge in [0.25, 0.3) is 5.56 Å². The van der Waals surface area contributed by atoms with Crippen LogP contribution in [0.15, 0.2) is 41.3 Å². The van der Waals surface area contributed by atoms with E-state index >= 15 is 0 Å². The van der Waals surface area contributed by atoms with E-state index in [1.54, 1.807) is 19.4 Å². The number of piperazine rings is 1. The molecular weight excluding hydrogens is 350 g/mol. The summed E-state index contributed by atoms with van der Waals surface area (Å²) in [6.45, 7) is 2.67. The van der Waals surface area contributed by atoms with Gasteiger partial charge in [-0.15, -0.1) is 0 Å². The van der Waals surface area contributed by atoms with Crippen LogP contribution in [0.3, 0.4) is 0 Å². The van der Waals surface area contributed by atoms with Gasteiger partial charge < -0.3 is 24.4 Å². The van der Waals surface area contributed by atoms with E-state index < -0.39 is 11.7 Å². The molecule has 0 atom stereocenters. The maximum Gasteiger partial charge on any atom is 0.407 e. The number of pyridine rings is 1. The largest absolute Gasteiger partial charge is 0.503 e. The second-order valence-electron chi connectivity index (χ2n) is 6.48. The van der Waals surface area contributed by atoms with Gasteiger partial charge in [0.1, 0.15) is 5.75 Å². The van der Waals surface area contributed by atoms with E-state index in [0.29, 0.717) is 50.6 Å². The van der Waals surface area contributed by atoms with Gasteiger partial charge in [-0.05, 0) is 12.1 Å². The summed E-state index contributed by atoms with van der Waals surface area (Å²) in [7, 11) is 1.58. The molecule has 1 aromatic carbocycles. The zero-order valence-corrected chi connectivity index (χ0v) is 15.2. The third-order valence-electron chi connectivity index (χ3n) is 4.79. The van der Waals surface area contributed by atoms with Crippen molar-refractivity contribution in [1.29, 1.82) is 0 Å². The summed E-state index contributed by atoms with van der Waals surface area (Å²) in [6.07, 6.45) is 0.744. The number of aromatic hydroxyl groups is 1. The highest BCUT2D eigenvalue weighted by molar-refractivity contribution is 5.65. The first-order chi connectivity index (χ1) is 13.0. The van der Waals surface area contributed by atoms with Crippen LogP contribution in [0.1, 0.15) is 11.1 Å². The second-order valence-corrected chi connectivity index (χ2v) is 6.48. The Balaban J connectivity index is 1.72. The fraction of sp³-hybridized carbons (Fsp3) is 0.368. The monoisotopic (exact) mass is 373 g/mol. The molecule has 3 rings (SSSR count). The van der Waals surface area contributed by atoms with Gasteiger partial charge >= 0.3 is 6.09 Å². The lowest BCUT2D eigenvalue weighted by molar-refractivity contribution is 0.102. The number of methoxy groups -OCH3 is 1. The summed E-state index contributed by atoms with van der Waals surface area (Å²) in [4.78, 5) is 26.9. The van der Waals surface area contributed by atoms with Crippen LogP contribution in [0.2, 0.25) is 0 Å². The summed E-state index contributed by atoms with van der Waals surface area (Å²) < 4.78 is 6.75. The summed E-state index contributed by atoms with van der Waals surface area (Å²) in [5, 5.41) is 19.4. The molecule has 0 unspecified atom stereocenters. The molecule has 0 bridgehead atoms. The highest BCUT2D eigenvalue weighted by Gasteiger charge is 2.21. The van der Waals surface area contributed by atoms with Crippen molar-refractivity contribution >= 4 is 6.09 Å². The Labute approximate surface area is 156 Å². The molecule has 0 spiro atoms. The van der Waals surface area contributed by atoms with Crippen molar-refractivity contribution in [2.24, 2.45) is 0 Å². The molecule has 1 fully saturated rings. The maximum atomic E-state index is 12.5. The predicted octanol–water partition coefficient (Wildman–Crippen LogP) is 1.41. The topological polar surface area (TPSA) is 95.2 Å². The Kier molecular flexibility index (Phi) is 5.66. The number of amides is 1. The number of para-hydroxylation sites is 1. The van der Waals surface area contributed by atoms with E-state index in [9.17, 15) is 14.7 Å². The first kappa shape index (κ1) is 18.8. The molecule has 8 heteroatoms. The smallest absolute Gasteiger partial charge is 0.407 e. The van der Waals surface area contributed by atoms with Crippen molar-refractivity contribution in [3.05, 3.63) is 58.0 Å². The molecule has 27 heavy (non-hydrogen) atoms. The molecule has 1 aliphatic heterocycles. The quantitative estimate of drug-likeness (QED) is 0.823. The Bertz CT molecular complexity index is 872. The third-order valence-corrected chi connectivity index (χ3v) is 4.79. The van der Waals surface area contributed by atoms with Gasteiger partial charge in [-0.2, -0.15) is 0 Å². The van der Waals surface area contributed by atoms with Crippen LogP contribution < -0.4 is 10.3 Å². The SMILES string of the molecule is COc1ccccc1Cn1ccc(CN2CCN(C(=O)O)CC2)c(O)c1=O. The van der Waals surface area contributed by atoms with Crippen LogP contribution in [0.5, 0.6) is 11.5 Å². The summed E-state index contributed by atoms with van der Waals surface area (Å²) in [5.41, 5.74) is 0.932. The minimum atomic E-state index is -0.920. The number of hydrogen-bond donors (Lipinski definition) is 2. The molecule has 2 heterocycles. The number of carbonyl (C=O) groups is 1.